The average Bonchev–Trinajstić information content (AvgIpc) is 3.40. The van der Waals surface area contributed by atoms with Crippen LogP contribution in [0.15, 0.2) is 70.9 Å². The number of aliphatic hydroxyl groups is 1. The van der Waals surface area contributed by atoms with Crippen LogP contribution in [0.1, 0.15) is 54.8 Å². The second-order valence-electron chi connectivity index (χ2n) is 9.66. The van der Waals surface area contributed by atoms with Gasteiger partial charge in [0.25, 0.3) is 11.7 Å². The van der Waals surface area contributed by atoms with Gasteiger partial charge in [0.15, 0.2) is 0 Å². The zero-order valence-electron chi connectivity index (χ0n) is 19.8. The zero-order chi connectivity index (χ0) is 24.6. The van der Waals surface area contributed by atoms with E-state index in [0.29, 0.717) is 22.8 Å². The van der Waals surface area contributed by atoms with E-state index in [9.17, 15) is 14.7 Å². The summed E-state index contributed by atoms with van der Waals surface area (Å²) in [6.07, 6.45) is 2.03. The van der Waals surface area contributed by atoms with Crippen LogP contribution < -0.4 is 0 Å². The Morgan fingerprint density at radius 1 is 1.09 bits per heavy atom. The molecule has 1 unspecified atom stereocenters. The van der Waals surface area contributed by atoms with Crippen LogP contribution in [0.4, 0.5) is 0 Å². The Labute approximate surface area is 204 Å². The van der Waals surface area contributed by atoms with Crippen molar-refractivity contribution in [3.63, 3.8) is 0 Å². The van der Waals surface area contributed by atoms with Gasteiger partial charge in [-0.05, 0) is 65.8 Å². The van der Waals surface area contributed by atoms with E-state index in [1.165, 1.54) is 11.2 Å². The second kappa shape index (κ2) is 9.15. The van der Waals surface area contributed by atoms with Gasteiger partial charge in [-0.3, -0.25) is 9.59 Å². The number of halogens is 1. The van der Waals surface area contributed by atoms with E-state index in [1.54, 1.807) is 24.3 Å². The molecule has 1 aliphatic rings. The molecule has 1 aliphatic heterocycles. The Balaban J connectivity index is 1.78. The number of likely N-dealkylation sites (tertiary alicyclic amines) is 1. The number of nitrogens with zero attached hydrogens (tertiary/aromatic N) is 1. The van der Waals surface area contributed by atoms with Crippen LogP contribution >= 0.6 is 11.6 Å². The van der Waals surface area contributed by atoms with Crippen molar-refractivity contribution in [1.82, 2.24) is 4.90 Å². The largest absolute Gasteiger partial charge is 0.507 e. The van der Waals surface area contributed by atoms with Crippen molar-refractivity contribution in [2.45, 2.75) is 45.6 Å². The van der Waals surface area contributed by atoms with Crippen LogP contribution in [-0.2, 0) is 21.4 Å². The van der Waals surface area contributed by atoms with Crippen molar-refractivity contribution in [2.75, 3.05) is 6.54 Å². The van der Waals surface area contributed by atoms with Crippen LogP contribution in [0, 0.1) is 6.92 Å². The predicted octanol–water partition coefficient (Wildman–Crippen LogP) is 6.20. The highest BCUT2D eigenvalue weighted by Gasteiger charge is 2.47. The van der Waals surface area contributed by atoms with E-state index in [1.807, 2.05) is 37.3 Å². The number of aliphatic hydroxyl groups excluding tert-OH is 1. The summed E-state index contributed by atoms with van der Waals surface area (Å²) in [7, 11) is 0. The molecule has 2 heterocycles. The van der Waals surface area contributed by atoms with Gasteiger partial charge in [0.1, 0.15) is 17.6 Å². The van der Waals surface area contributed by atoms with Gasteiger partial charge in [0.05, 0.1) is 11.8 Å². The van der Waals surface area contributed by atoms with Gasteiger partial charge >= 0.3 is 0 Å². The third-order valence-electron chi connectivity index (χ3n) is 6.27. The molecule has 0 aliphatic carbocycles. The van der Waals surface area contributed by atoms with E-state index in [2.05, 4.69) is 20.8 Å². The average molecular weight is 478 g/mol. The Kier molecular flexibility index (Phi) is 6.41. The Morgan fingerprint density at radius 2 is 1.79 bits per heavy atom. The number of Topliss-reactive ketones (excluding diaryl/α,β-unsaturated/α-hetero) is 1. The summed E-state index contributed by atoms with van der Waals surface area (Å²) in [5, 5.41) is 12.0. The summed E-state index contributed by atoms with van der Waals surface area (Å²) < 4.78 is 5.63. The van der Waals surface area contributed by atoms with Gasteiger partial charge in [0.2, 0.25) is 0 Å². The summed E-state index contributed by atoms with van der Waals surface area (Å²) in [4.78, 5) is 27.8. The maximum Gasteiger partial charge on any atom is 0.295 e. The van der Waals surface area contributed by atoms with E-state index in [-0.39, 0.29) is 23.3 Å². The molecule has 1 N–H and O–H groups in total. The van der Waals surface area contributed by atoms with Crippen molar-refractivity contribution >= 4 is 29.1 Å². The van der Waals surface area contributed by atoms with Crippen LogP contribution in [0.25, 0.3) is 5.76 Å². The first-order valence-corrected chi connectivity index (χ1v) is 11.6. The van der Waals surface area contributed by atoms with Gasteiger partial charge in [-0.1, -0.05) is 56.6 Å². The minimum absolute atomic E-state index is 0.0465. The number of hydrogen-bond acceptors (Lipinski definition) is 4. The number of benzene rings is 2. The Morgan fingerprint density at radius 3 is 2.41 bits per heavy atom. The Hall–Kier alpha value is -3.31. The number of ketones is 1. The smallest absolute Gasteiger partial charge is 0.295 e. The van der Waals surface area contributed by atoms with E-state index in [4.69, 9.17) is 16.0 Å². The molecule has 3 aromatic rings. The molecule has 1 aromatic heterocycles. The normalized spacial score (nSPS) is 18.0. The quantitative estimate of drug-likeness (QED) is 0.269. The van der Waals surface area contributed by atoms with Crippen LogP contribution in [-0.4, -0.2) is 28.2 Å². The van der Waals surface area contributed by atoms with Gasteiger partial charge in [0, 0.05) is 17.1 Å². The first kappa shape index (κ1) is 23.8. The third kappa shape index (κ3) is 4.53. The fraction of sp³-hybridized carbons (Fsp3) is 0.286. The SMILES string of the molecule is Cc1ccc(C(C)(C)C)cc1/C(O)=C1\C(=O)C(=O)N(CCc2ccc(Cl)cc2)C1c1ccco1. The molecule has 6 heteroatoms. The van der Waals surface area contributed by atoms with E-state index >= 15 is 0 Å². The van der Waals surface area contributed by atoms with Crippen LogP contribution in [0.2, 0.25) is 5.02 Å². The maximum absolute atomic E-state index is 13.2. The van der Waals surface area contributed by atoms with Crippen molar-refractivity contribution in [2.24, 2.45) is 0 Å². The first-order valence-electron chi connectivity index (χ1n) is 11.3. The molecule has 0 saturated carbocycles. The van der Waals surface area contributed by atoms with Crippen LogP contribution in [0.3, 0.4) is 0 Å². The zero-order valence-corrected chi connectivity index (χ0v) is 20.5. The summed E-state index contributed by atoms with van der Waals surface area (Å²) >= 11 is 5.98. The number of hydrogen-bond donors (Lipinski definition) is 1. The fourth-order valence-electron chi connectivity index (χ4n) is 4.24. The molecule has 0 radical (unpaired) electrons. The molecule has 1 amide bonds. The molecular weight excluding hydrogens is 450 g/mol. The lowest BCUT2D eigenvalue weighted by Crippen LogP contribution is -2.31. The number of furan rings is 1. The summed E-state index contributed by atoms with van der Waals surface area (Å²) in [5.41, 5.74) is 3.26. The molecule has 34 heavy (non-hydrogen) atoms. The van der Waals surface area contributed by atoms with E-state index < -0.39 is 17.7 Å². The third-order valence-corrected chi connectivity index (χ3v) is 6.52. The molecule has 2 aromatic carbocycles. The summed E-state index contributed by atoms with van der Waals surface area (Å²) in [5.74, 6) is -1.11. The first-order chi connectivity index (χ1) is 16.1. The molecule has 5 nitrogen and oxygen atoms in total. The number of rotatable bonds is 5. The summed E-state index contributed by atoms with van der Waals surface area (Å²) in [6.45, 7) is 8.41. The van der Waals surface area contributed by atoms with E-state index in [0.717, 1.165) is 16.7 Å². The molecular formula is C28H28ClNO4. The molecule has 1 saturated heterocycles. The minimum atomic E-state index is -0.806. The van der Waals surface area contributed by atoms with Gasteiger partial charge in [-0.15, -0.1) is 0 Å². The monoisotopic (exact) mass is 477 g/mol. The molecule has 0 spiro atoms. The Bertz CT molecular complexity index is 1250. The number of amides is 1. The lowest BCUT2D eigenvalue weighted by Gasteiger charge is -2.24. The number of aryl methyl sites for hydroxylation is 1. The topological polar surface area (TPSA) is 70.8 Å². The molecule has 0 bridgehead atoms. The second-order valence-corrected chi connectivity index (χ2v) is 10.1. The highest BCUT2D eigenvalue weighted by Crippen LogP contribution is 2.40. The predicted molar refractivity (Wildman–Crippen MR) is 133 cm³/mol. The minimum Gasteiger partial charge on any atom is -0.507 e. The molecule has 1 atom stereocenters. The maximum atomic E-state index is 13.2. The highest BCUT2D eigenvalue weighted by atomic mass is 35.5. The molecule has 4 rings (SSSR count). The van der Waals surface area contributed by atoms with Crippen molar-refractivity contribution in [1.29, 1.82) is 0 Å². The fourth-order valence-corrected chi connectivity index (χ4v) is 4.37. The van der Waals surface area contributed by atoms with Crippen molar-refractivity contribution in [3.05, 3.63) is 99.5 Å². The van der Waals surface area contributed by atoms with Gasteiger partial charge in [-0.2, -0.15) is 0 Å². The standard InChI is InChI=1S/C28H28ClNO4/c1-17-7-10-19(28(2,3)4)16-21(17)25(31)23-24(22-6-5-15-34-22)30(27(33)26(23)32)14-13-18-8-11-20(29)12-9-18/h5-12,15-16,24,31H,13-14H2,1-4H3/b25-23+. The van der Waals surface area contributed by atoms with Crippen molar-refractivity contribution in [3.8, 4) is 0 Å². The van der Waals surface area contributed by atoms with Crippen molar-refractivity contribution < 1.29 is 19.1 Å². The molecule has 1 fully saturated rings. The van der Waals surface area contributed by atoms with Gasteiger partial charge in [-0.25, -0.2) is 0 Å². The number of carbonyl (C=O) groups is 2. The van der Waals surface area contributed by atoms with Crippen LogP contribution in [0.5, 0.6) is 0 Å². The van der Waals surface area contributed by atoms with Gasteiger partial charge < -0.3 is 14.4 Å². The lowest BCUT2D eigenvalue weighted by atomic mass is 9.84. The molecule has 176 valence electrons. The highest BCUT2D eigenvalue weighted by molar-refractivity contribution is 6.46. The summed E-state index contributed by atoms with van der Waals surface area (Å²) in [6, 6.07) is 15.8. The number of carbonyl (C=O) groups excluding carboxylic acids is 2. The lowest BCUT2D eigenvalue weighted by molar-refractivity contribution is -0.140.